The van der Waals surface area contributed by atoms with Gasteiger partial charge in [0.25, 0.3) is 5.91 Å². The van der Waals surface area contributed by atoms with Gasteiger partial charge in [0.2, 0.25) is 0 Å². The molecule has 2 nitrogen and oxygen atoms in total. The minimum atomic E-state index is 0.00602. The lowest BCUT2D eigenvalue weighted by Gasteiger charge is -1.86. The van der Waals surface area contributed by atoms with Crippen molar-refractivity contribution in [2.24, 2.45) is 0 Å². The van der Waals surface area contributed by atoms with Gasteiger partial charge in [0.1, 0.15) is 0 Å². The molecule has 0 saturated heterocycles. The molecular weight excluding hydrogens is 158 g/mol. The van der Waals surface area contributed by atoms with E-state index in [-0.39, 0.29) is 5.91 Å². The molecular formula is C8H5NOS. The van der Waals surface area contributed by atoms with Crippen LogP contribution in [0.1, 0.15) is 20.1 Å². The number of carbonyl (C=O) groups is 1. The van der Waals surface area contributed by atoms with Gasteiger partial charge in [0.15, 0.2) is 0 Å². The average Bonchev–Trinajstić information content (AvgIpc) is 2.53. The van der Waals surface area contributed by atoms with Crippen LogP contribution in [-0.2, 0) is 6.54 Å². The molecule has 1 aliphatic rings. The Morgan fingerprint density at radius 3 is 3.18 bits per heavy atom. The maximum Gasteiger partial charge on any atom is 0.262 e. The molecule has 0 saturated carbocycles. The summed E-state index contributed by atoms with van der Waals surface area (Å²) in [5.74, 6) is 2.52. The normalized spacial score (nSPS) is 13.9. The van der Waals surface area contributed by atoms with Gasteiger partial charge in [0.05, 0.1) is 9.75 Å². The molecule has 54 valence electrons. The van der Waals surface area contributed by atoms with Gasteiger partial charge in [-0.25, -0.2) is 0 Å². The number of amides is 1. The fraction of sp³-hybridized carbons (Fsp3) is 0.125. The molecule has 0 bridgehead atoms. The number of hydrogen-bond donors (Lipinski definition) is 1. The van der Waals surface area contributed by atoms with Crippen LogP contribution in [0.2, 0.25) is 0 Å². The Balaban J connectivity index is 2.56. The molecule has 1 amide bonds. The van der Waals surface area contributed by atoms with E-state index in [0.717, 1.165) is 15.3 Å². The van der Waals surface area contributed by atoms with Gasteiger partial charge in [-0.1, -0.05) is 5.92 Å². The molecule has 0 unspecified atom stereocenters. The summed E-state index contributed by atoms with van der Waals surface area (Å²) >= 11 is 1.38. The number of rotatable bonds is 0. The Labute approximate surface area is 68.2 Å². The molecule has 0 fully saturated rings. The molecule has 2 heterocycles. The van der Waals surface area contributed by atoms with Crippen LogP contribution >= 0.6 is 11.3 Å². The van der Waals surface area contributed by atoms with Crippen molar-refractivity contribution in [1.82, 2.24) is 5.32 Å². The average molecular weight is 163 g/mol. The Morgan fingerprint density at radius 1 is 1.73 bits per heavy atom. The summed E-state index contributed by atoms with van der Waals surface area (Å²) in [7, 11) is 0. The lowest BCUT2D eigenvalue weighted by atomic mass is 10.3. The lowest BCUT2D eigenvalue weighted by Crippen LogP contribution is -2.12. The van der Waals surface area contributed by atoms with Crippen molar-refractivity contribution in [2.75, 3.05) is 0 Å². The third-order valence-electron chi connectivity index (χ3n) is 1.60. The summed E-state index contributed by atoms with van der Waals surface area (Å²) in [5.41, 5.74) is 1.04. The number of nitrogens with one attached hydrogen (secondary N) is 1. The second-order valence-electron chi connectivity index (χ2n) is 2.29. The van der Waals surface area contributed by atoms with Crippen molar-refractivity contribution in [3.05, 3.63) is 21.4 Å². The predicted octanol–water partition coefficient (Wildman–Crippen LogP) is 0.973. The fourth-order valence-electron chi connectivity index (χ4n) is 1.08. The smallest absolute Gasteiger partial charge is 0.262 e. The maximum absolute atomic E-state index is 11.0. The number of hydrogen-bond acceptors (Lipinski definition) is 2. The molecule has 2 rings (SSSR count). The van der Waals surface area contributed by atoms with Gasteiger partial charge in [-0.05, 0) is 11.6 Å². The van der Waals surface area contributed by atoms with Crippen LogP contribution < -0.4 is 5.32 Å². The summed E-state index contributed by atoms with van der Waals surface area (Å²) in [6, 6.07) is 1.89. The molecule has 0 aromatic carbocycles. The van der Waals surface area contributed by atoms with E-state index in [0.29, 0.717) is 6.54 Å². The molecule has 0 aliphatic carbocycles. The van der Waals surface area contributed by atoms with Gasteiger partial charge < -0.3 is 5.32 Å². The van der Waals surface area contributed by atoms with E-state index < -0.39 is 0 Å². The van der Waals surface area contributed by atoms with E-state index in [1.807, 2.05) is 6.07 Å². The topological polar surface area (TPSA) is 29.1 Å². The van der Waals surface area contributed by atoms with Gasteiger partial charge in [-0.3, -0.25) is 4.79 Å². The third-order valence-corrected chi connectivity index (χ3v) is 2.70. The maximum atomic E-state index is 11.0. The van der Waals surface area contributed by atoms with Crippen molar-refractivity contribution in [1.29, 1.82) is 0 Å². The predicted molar refractivity (Wildman–Crippen MR) is 43.4 cm³/mol. The summed E-state index contributed by atoms with van der Waals surface area (Å²) in [5, 5.41) is 2.72. The van der Waals surface area contributed by atoms with Crippen molar-refractivity contribution in [3.8, 4) is 12.3 Å². The van der Waals surface area contributed by atoms with E-state index in [1.54, 1.807) is 0 Å². The molecule has 0 spiro atoms. The number of carbonyl (C=O) groups excluding carboxylic acids is 1. The Kier molecular flexibility index (Phi) is 1.23. The summed E-state index contributed by atoms with van der Waals surface area (Å²) in [4.78, 5) is 12.6. The second kappa shape index (κ2) is 2.11. The zero-order chi connectivity index (χ0) is 7.84. The van der Waals surface area contributed by atoms with Crippen LogP contribution in [0.4, 0.5) is 0 Å². The number of thiophene rings is 1. The Hall–Kier alpha value is -1.27. The standard InChI is InChI=1S/C8H5NOS/c1-2-6-3-5-4-9-8(10)7(5)11-6/h1,3H,4H2,(H,9,10). The zero-order valence-corrected chi connectivity index (χ0v) is 6.49. The minimum absolute atomic E-state index is 0.00602. The highest BCUT2D eigenvalue weighted by Gasteiger charge is 2.21. The second-order valence-corrected chi connectivity index (χ2v) is 3.34. The minimum Gasteiger partial charge on any atom is -0.347 e. The molecule has 0 radical (unpaired) electrons. The van der Waals surface area contributed by atoms with E-state index in [9.17, 15) is 4.79 Å². The first-order valence-electron chi connectivity index (χ1n) is 3.19. The number of fused-ring (bicyclic) bond motifs is 1. The van der Waals surface area contributed by atoms with Crippen LogP contribution in [0.5, 0.6) is 0 Å². The van der Waals surface area contributed by atoms with Crippen LogP contribution in [-0.4, -0.2) is 5.91 Å². The van der Waals surface area contributed by atoms with Crippen LogP contribution in [0.25, 0.3) is 0 Å². The van der Waals surface area contributed by atoms with E-state index in [2.05, 4.69) is 11.2 Å². The first-order valence-corrected chi connectivity index (χ1v) is 4.00. The first kappa shape index (κ1) is 6.44. The molecule has 1 aromatic heterocycles. The molecule has 11 heavy (non-hydrogen) atoms. The van der Waals surface area contributed by atoms with Gasteiger partial charge in [0, 0.05) is 6.54 Å². The van der Waals surface area contributed by atoms with Crippen LogP contribution in [0.15, 0.2) is 6.07 Å². The van der Waals surface area contributed by atoms with E-state index >= 15 is 0 Å². The highest BCUT2D eigenvalue weighted by Crippen LogP contribution is 2.25. The highest BCUT2D eigenvalue weighted by atomic mass is 32.1. The third kappa shape index (κ3) is 0.837. The Bertz CT molecular complexity index is 359. The van der Waals surface area contributed by atoms with Gasteiger partial charge in [-0.15, -0.1) is 17.8 Å². The van der Waals surface area contributed by atoms with Crippen molar-refractivity contribution in [2.45, 2.75) is 6.54 Å². The van der Waals surface area contributed by atoms with Crippen molar-refractivity contribution >= 4 is 17.2 Å². The lowest BCUT2D eigenvalue weighted by molar-refractivity contribution is 0.0969. The quantitative estimate of drug-likeness (QED) is 0.567. The fourth-order valence-corrected chi connectivity index (χ4v) is 1.99. The van der Waals surface area contributed by atoms with Crippen LogP contribution in [0, 0.1) is 12.3 Å². The highest BCUT2D eigenvalue weighted by molar-refractivity contribution is 7.14. The molecule has 0 atom stereocenters. The van der Waals surface area contributed by atoms with Crippen molar-refractivity contribution < 1.29 is 4.79 Å². The largest absolute Gasteiger partial charge is 0.347 e. The summed E-state index contributed by atoms with van der Waals surface area (Å²) in [6.45, 7) is 0.631. The van der Waals surface area contributed by atoms with Crippen LogP contribution in [0.3, 0.4) is 0 Å². The van der Waals surface area contributed by atoms with E-state index in [1.165, 1.54) is 11.3 Å². The molecule has 1 aromatic rings. The zero-order valence-electron chi connectivity index (χ0n) is 5.68. The molecule has 3 heteroatoms. The molecule has 1 aliphatic heterocycles. The van der Waals surface area contributed by atoms with Gasteiger partial charge >= 0.3 is 0 Å². The Morgan fingerprint density at radius 2 is 2.55 bits per heavy atom. The van der Waals surface area contributed by atoms with Gasteiger partial charge in [-0.2, -0.15) is 0 Å². The number of terminal acetylenes is 1. The first-order chi connectivity index (χ1) is 5.31. The van der Waals surface area contributed by atoms with Crippen molar-refractivity contribution in [3.63, 3.8) is 0 Å². The SMILES string of the molecule is C#Cc1cc2c(s1)C(=O)NC2. The van der Waals surface area contributed by atoms with E-state index in [4.69, 9.17) is 6.42 Å². The monoisotopic (exact) mass is 163 g/mol. The summed E-state index contributed by atoms with van der Waals surface area (Å²) < 4.78 is 0. The summed E-state index contributed by atoms with van der Waals surface area (Å²) in [6.07, 6.45) is 5.18. The molecule has 1 N–H and O–H groups in total.